The number of methoxy groups -OCH3 is 1. The first-order chi connectivity index (χ1) is 8.86. The molecule has 18 heavy (non-hydrogen) atoms. The third kappa shape index (κ3) is 2.38. The number of nitrogens with zero attached hydrogens (tertiary/aromatic N) is 1. The van der Waals surface area contributed by atoms with Crippen LogP contribution in [0.1, 0.15) is 17.5 Å². The summed E-state index contributed by atoms with van der Waals surface area (Å²) in [4.78, 5) is 2.66. The van der Waals surface area contributed by atoms with Gasteiger partial charge in [0.25, 0.3) is 0 Å². The lowest BCUT2D eigenvalue weighted by molar-refractivity contribution is 0.159. The number of fused-ring (bicyclic) bond motifs is 1. The van der Waals surface area contributed by atoms with Crippen molar-refractivity contribution >= 4 is 0 Å². The van der Waals surface area contributed by atoms with Crippen molar-refractivity contribution in [1.29, 1.82) is 0 Å². The second-order valence-corrected chi connectivity index (χ2v) is 5.32. The molecule has 2 aliphatic rings. The number of benzene rings is 1. The van der Waals surface area contributed by atoms with Crippen LogP contribution >= 0.6 is 0 Å². The highest BCUT2D eigenvalue weighted by Gasteiger charge is 2.25. The average Bonchev–Trinajstić information content (AvgIpc) is 2.47. The largest absolute Gasteiger partial charge is 0.497 e. The average molecular weight is 246 g/mol. The van der Waals surface area contributed by atoms with E-state index in [0.717, 1.165) is 24.9 Å². The summed E-state index contributed by atoms with van der Waals surface area (Å²) in [5, 5.41) is 3.43. The van der Waals surface area contributed by atoms with Gasteiger partial charge in [0.05, 0.1) is 7.11 Å². The fourth-order valence-electron chi connectivity index (χ4n) is 3.20. The second-order valence-electron chi connectivity index (χ2n) is 5.32. The van der Waals surface area contributed by atoms with E-state index in [-0.39, 0.29) is 0 Å². The molecule has 0 radical (unpaired) electrons. The van der Waals surface area contributed by atoms with Crippen LogP contribution < -0.4 is 10.1 Å². The van der Waals surface area contributed by atoms with Crippen LogP contribution in [0.2, 0.25) is 0 Å². The molecular formula is C15H22N2O. The normalized spacial score (nSPS) is 24.6. The Morgan fingerprint density at radius 2 is 2.06 bits per heavy atom. The minimum Gasteiger partial charge on any atom is -0.497 e. The maximum atomic E-state index is 5.30. The van der Waals surface area contributed by atoms with Gasteiger partial charge >= 0.3 is 0 Å². The van der Waals surface area contributed by atoms with E-state index >= 15 is 0 Å². The van der Waals surface area contributed by atoms with Gasteiger partial charge in [0.2, 0.25) is 0 Å². The van der Waals surface area contributed by atoms with Crippen molar-refractivity contribution < 1.29 is 4.74 Å². The molecule has 1 fully saturated rings. The minimum atomic E-state index is 0.744. The van der Waals surface area contributed by atoms with Crippen LogP contribution in [-0.2, 0) is 12.8 Å². The first kappa shape index (κ1) is 12.0. The summed E-state index contributed by atoms with van der Waals surface area (Å²) < 4.78 is 5.30. The molecule has 1 unspecified atom stereocenters. The fourth-order valence-corrected chi connectivity index (χ4v) is 3.20. The predicted molar refractivity (Wildman–Crippen MR) is 73.2 cm³/mol. The van der Waals surface area contributed by atoms with Gasteiger partial charge in [-0.1, -0.05) is 6.07 Å². The first-order valence-corrected chi connectivity index (χ1v) is 6.97. The van der Waals surface area contributed by atoms with Gasteiger partial charge in [-0.25, -0.2) is 0 Å². The lowest BCUT2D eigenvalue weighted by atomic mass is 9.87. The summed E-state index contributed by atoms with van der Waals surface area (Å²) in [7, 11) is 1.74. The second kappa shape index (κ2) is 5.29. The standard InChI is InChI=1S/C15H22N2O/c1-18-15-5-3-12-10-14(4-2-13(12)11-15)17-8-6-16-7-9-17/h3,5,11,14,16H,2,4,6-10H2,1H3. The Bertz CT molecular complexity index is 413. The number of nitrogens with one attached hydrogen (secondary N) is 1. The van der Waals surface area contributed by atoms with Gasteiger partial charge in [-0.15, -0.1) is 0 Å². The van der Waals surface area contributed by atoms with Crippen LogP contribution in [0.3, 0.4) is 0 Å². The van der Waals surface area contributed by atoms with E-state index in [1.807, 2.05) is 0 Å². The van der Waals surface area contributed by atoms with Crippen molar-refractivity contribution in [3.8, 4) is 5.75 Å². The molecule has 1 aliphatic heterocycles. The van der Waals surface area contributed by atoms with Gasteiger partial charge in [-0.05, 0) is 42.5 Å². The Balaban J connectivity index is 1.72. The van der Waals surface area contributed by atoms with Gasteiger partial charge in [-0.2, -0.15) is 0 Å². The van der Waals surface area contributed by atoms with Crippen LogP contribution in [0.25, 0.3) is 0 Å². The van der Waals surface area contributed by atoms with Crippen molar-refractivity contribution in [2.24, 2.45) is 0 Å². The summed E-state index contributed by atoms with van der Waals surface area (Å²) in [5.74, 6) is 0.995. The van der Waals surface area contributed by atoms with E-state index in [1.54, 1.807) is 7.11 Å². The lowest BCUT2D eigenvalue weighted by Gasteiger charge is -2.37. The van der Waals surface area contributed by atoms with Gasteiger partial charge < -0.3 is 10.1 Å². The Morgan fingerprint density at radius 3 is 2.83 bits per heavy atom. The zero-order valence-electron chi connectivity index (χ0n) is 11.1. The highest BCUT2D eigenvalue weighted by Crippen LogP contribution is 2.27. The SMILES string of the molecule is COc1ccc2c(c1)CCC(N1CCNCC1)C2. The van der Waals surface area contributed by atoms with Gasteiger partial charge in [0.1, 0.15) is 5.75 Å². The molecule has 0 amide bonds. The number of rotatable bonds is 2. The molecule has 1 aliphatic carbocycles. The fraction of sp³-hybridized carbons (Fsp3) is 0.600. The highest BCUT2D eigenvalue weighted by molar-refractivity contribution is 5.37. The molecular weight excluding hydrogens is 224 g/mol. The minimum absolute atomic E-state index is 0.744. The van der Waals surface area contributed by atoms with Crippen LogP contribution in [-0.4, -0.2) is 44.2 Å². The predicted octanol–water partition coefficient (Wildman–Crippen LogP) is 1.46. The number of ether oxygens (including phenoxy) is 1. The Kier molecular flexibility index (Phi) is 3.52. The van der Waals surface area contributed by atoms with Gasteiger partial charge in [0, 0.05) is 32.2 Å². The third-order valence-electron chi connectivity index (χ3n) is 4.28. The van der Waals surface area contributed by atoms with Crippen molar-refractivity contribution in [2.45, 2.75) is 25.3 Å². The van der Waals surface area contributed by atoms with Gasteiger partial charge in [0.15, 0.2) is 0 Å². The summed E-state index contributed by atoms with van der Waals surface area (Å²) >= 11 is 0. The molecule has 0 spiro atoms. The molecule has 0 bridgehead atoms. The summed E-state index contributed by atoms with van der Waals surface area (Å²) in [6, 6.07) is 7.30. The third-order valence-corrected chi connectivity index (χ3v) is 4.28. The molecule has 3 heteroatoms. The van der Waals surface area contributed by atoms with Gasteiger partial charge in [-0.3, -0.25) is 4.90 Å². The summed E-state index contributed by atoms with van der Waals surface area (Å²) in [6.45, 7) is 4.70. The highest BCUT2D eigenvalue weighted by atomic mass is 16.5. The van der Waals surface area contributed by atoms with E-state index in [1.165, 1.54) is 43.5 Å². The van der Waals surface area contributed by atoms with Crippen LogP contribution in [0.15, 0.2) is 18.2 Å². The Hall–Kier alpha value is -1.06. The number of aryl methyl sites for hydroxylation is 1. The van der Waals surface area contributed by atoms with Crippen LogP contribution in [0.4, 0.5) is 0 Å². The zero-order valence-corrected chi connectivity index (χ0v) is 11.1. The van der Waals surface area contributed by atoms with Crippen molar-refractivity contribution in [3.63, 3.8) is 0 Å². The van der Waals surface area contributed by atoms with E-state index in [9.17, 15) is 0 Å². The molecule has 0 saturated carbocycles. The Labute approximate surface area is 109 Å². The van der Waals surface area contributed by atoms with Crippen molar-refractivity contribution in [3.05, 3.63) is 29.3 Å². The van der Waals surface area contributed by atoms with E-state index < -0.39 is 0 Å². The maximum absolute atomic E-state index is 5.30. The summed E-state index contributed by atoms with van der Waals surface area (Å²) in [5.41, 5.74) is 3.01. The number of piperazine rings is 1. The molecule has 3 rings (SSSR count). The quantitative estimate of drug-likeness (QED) is 0.855. The smallest absolute Gasteiger partial charge is 0.119 e. The molecule has 3 nitrogen and oxygen atoms in total. The molecule has 1 aromatic rings. The van der Waals surface area contributed by atoms with E-state index in [0.29, 0.717) is 0 Å². The molecule has 1 heterocycles. The van der Waals surface area contributed by atoms with Crippen molar-refractivity contribution in [1.82, 2.24) is 10.2 Å². The molecule has 1 aromatic carbocycles. The number of hydrogen-bond donors (Lipinski definition) is 1. The molecule has 1 atom stereocenters. The molecule has 1 saturated heterocycles. The van der Waals surface area contributed by atoms with Crippen molar-refractivity contribution in [2.75, 3.05) is 33.3 Å². The molecule has 98 valence electrons. The topological polar surface area (TPSA) is 24.5 Å². The van der Waals surface area contributed by atoms with Crippen LogP contribution in [0, 0.1) is 0 Å². The summed E-state index contributed by atoms with van der Waals surface area (Å²) in [6.07, 6.45) is 3.70. The lowest BCUT2D eigenvalue weighted by Crippen LogP contribution is -2.50. The Morgan fingerprint density at radius 1 is 1.22 bits per heavy atom. The van der Waals surface area contributed by atoms with E-state index in [2.05, 4.69) is 28.4 Å². The maximum Gasteiger partial charge on any atom is 0.119 e. The first-order valence-electron chi connectivity index (χ1n) is 6.97. The molecule has 0 aromatic heterocycles. The number of hydrogen-bond acceptors (Lipinski definition) is 3. The monoisotopic (exact) mass is 246 g/mol. The zero-order chi connectivity index (χ0) is 12.4. The molecule has 1 N–H and O–H groups in total. The van der Waals surface area contributed by atoms with E-state index in [4.69, 9.17) is 4.74 Å². The van der Waals surface area contributed by atoms with Crippen LogP contribution in [0.5, 0.6) is 5.75 Å².